The number of benzene rings is 1. The van der Waals surface area contributed by atoms with Crippen LogP contribution in [0.25, 0.3) is 11.1 Å². The van der Waals surface area contributed by atoms with Gasteiger partial charge in [0.15, 0.2) is 0 Å². The molecule has 1 aromatic heterocycles. The second-order valence-electron chi connectivity index (χ2n) is 3.18. The van der Waals surface area contributed by atoms with E-state index in [2.05, 4.69) is 0 Å². The molecule has 0 radical (unpaired) electrons. The monoisotopic (exact) mass is 246 g/mol. The van der Waals surface area contributed by atoms with Crippen LogP contribution >= 0.6 is 11.3 Å². The van der Waals surface area contributed by atoms with Crippen LogP contribution < -0.4 is 0 Å². The van der Waals surface area contributed by atoms with Crippen LogP contribution in [0.2, 0.25) is 0 Å². The number of halogens is 4. The van der Waals surface area contributed by atoms with Crippen molar-refractivity contribution in [3.63, 3.8) is 0 Å². The molecule has 0 N–H and O–H groups in total. The summed E-state index contributed by atoms with van der Waals surface area (Å²) in [4.78, 5) is -0.717. The second kappa shape index (κ2) is 3.90. The fourth-order valence-corrected chi connectivity index (χ4v) is 2.10. The lowest BCUT2D eigenvalue weighted by molar-refractivity contribution is -0.134. The molecule has 0 aliphatic carbocycles. The molecule has 0 unspecified atom stereocenters. The number of hydrogen-bond donors (Lipinski definition) is 0. The predicted molar refractivity (Wildman–Crippen MR) is 54.7 cm³/mol. The van der Waals surface area contributed by atoms with Gasteiger partial charge in [-0.3, -0.25) is 0 Å². The van der Waals surface area contributed by atoms with Gasteiger partial charge >= 0.3 is 6.18 Å². The molecule has 0 aliphatic rings. The summed E-state index contributed by atoms with van der Waals surface area (Å²) in [5.74, 6) is -0.519. The van der Waals surface area contributed by atoms with Crippen LogP contribution in [-0.4, -0.2) is 0 Å². The average Bonchev–Trinajstić information content (AvgIpc) is 2.66. The Morgan fingerprint density at radius 3 is 2.31 bits per heavy atom. The van der Waals surface area contributed by atoms with E-state index in [0.717, 1.165) is 6.07 Å². The quantitative estimate of drug-likeness (QED) is 0.646. The van der Waals surface area contributed by atoms with Crippen LogP contribution in [0.15, 0.2) is 35.7 Å². The number of thiophene rings is 1. The lowest BCUT2D eigenvalue weighted by Crippen LogP contribution is -2.00. The molecule has 0 spiro atoms. The molecule has 1 aromatic carbocycles. The summed E-state index contributed by atoms with van der Waals surface area (Å²) in [6.45, 7) is 0. The first-order chi connectivity index (χ1) is 7.48. The molecule has 0 atom stereocenters. The van der Waals surface area contributed by atoms with Crippen molar-refractivity contribution >= 4 is 11.3 Å². The fourth-order valence-electron chi connectivity index (χ4n) is 1.32. The zero-order chi connectivity index (χ0) is 11.8. The highest BCUT2D eigenvalue weighted by Crippen LogP contribution is 2.37. The number of rotatable bonds is 1. The first kappa shape index (κ1) is 11.1. The van der Waals surface area contributed by atoms with Crippen molar-refractivity contribution in [3.05, 3.63) is 46.4 Å². The zero-order valence-corrected chi connectivity index (χ0v) is 8.70. The topological polar surface area (TPSA) is 0 Å². The molecule has 1 heterocycles. The first-order valence-corrected chi connectivity index (χ1v) is 5.27. The summed E-state index contributed by atoms with van der Waals surface area (Å²) in [7, 11) is 0. The van der Waals surface area contributed by atoms with Gasteiger partial charge in [-0.1, -0.05) is 18.2 Å². The van der Waals surface area contributed by atoms with E-state index >= 15 is 0 Å². The maximum absolute atomic E-state index is 13.3. The maximum atomic E-state index is 13.3. The lowest BCUT2D eigenvalue weighted by Gasteiger charge is -2.01. The predicted octanol–water partition coefficient (Wildman–Crippen LogP) is 4.57. The molecule has 84 valence electrons. The zero-order valence-electron chi connectivity index (χ0n) is 7.88. The van der Waals surface area contributed by atoms with E-state index in [4.69, 9.17) is 0 Å². The lowest BCUT2D eigenvalue weighted by atomic mass is 10.1. The Balaban J connectivity index is 2.44. The standard InChI is InChI=1S/C11H6F4S/c12-9-4-2-1-3-8(9)7-5-10(16-6-7)11(13,14)15/h1-6H. The van der Waals surface area contributed by atoms with Crippen LogP contribution in [0.3, 0.4) is 0 Å². The SMILES string of the molecule is Fc1ccccc1-c1csc(C(F)(F)F)c1. The van der Waals surface area contributed by atoms with E-state index in [1.807, 2.05) is 0 Å². The van der Waals surface area contributed by atoms with Gasteiger partial charge in [0.25, 0.3) is 0 Å². The maximum Gasteiger partial charge on any atom is 0.425 e. The van der Waals surface area contributed by atoms with E-state index < -0.39 is 16.9 Å². The van der Waals surface area contributed by atoms with Gasteiger partial charge in [-0.25, -0.2) is 4.39 Å². The van der Waals surface area contributed by atoms with Crippen LogP contribution in [0.1, 0.15) is 4.88 Å². The van der Waals surface area contributed by atoms with E-state index in [1.165, 1.54) is 23.6 Å². The van der Waals surface area contributed by atoms with E-state index in [1.54, 1.807) is 6.07 Å². The minimum absolute atomic E-state index is 0.189. The normalized spacial score (nSPS) is 11.8. The van der Waals surface area contributed by atoms with Gasteiger partial charge in [0.05, 0.1) is 0 Å². The summed E-state index contributed by atoms with van der Waals surface area (Å²) in [5.41, 5.74) is 0.449. The van der Waals surface area contributed by atoms with Gasteiger partial charge in [-0.15, -0.1) is 11.3 Å². The second-order valence-corrected chi connectivity index (χ2v) is 4.09. The molecule has 5 heteroatoms. The summed E-state index contributed by atoms with van der Waals surface area (Å²) in [6.07, 6.45) is -4.37. The third-order valence-corrected chi connectivity index (χ3v) is 3.04. The van der Waals surface area contributed by atoms with Crippen molar-refractivity contribution in [2.45, 2.75) is 6.18 Å². The van der Waals surface area contributed by atoms with Crippen LogP contribution in [-0.2, 0) is 6.18 Å². The molecule has 2 aromatic rings. The molecule has 0 nitrogen and oxygen atoms in total. The van der Waals surface area contributed by atoms with Gasteiger partial charge in [-0.05, 0) is 23.1 Å². The Morgan fingerprint density at radius 1 is 1.06 bits per heavy atom. The van der Waals surface area contributed by atoms with Crippen molar-refractivity contribution in [3.8, 4) is 11.1 Å². The van der Waals surface area contributed by atoms with Crippen molar-refractivity contribution in [2.75, 3.05) is 0 Å². The molecule has 2 rings (SSSR count). The molecule has 0 saturated heterocycles. The van der Waals surface area contributed by atoms with Crippen molar-refractivity contribution in [1.82, 2.24) is 0 Å². The molecular formula is C11H6F4S. The molecular weight excluding hydrogens is 240 g/mol. The molecule has 0 bridgehead atoms. The summed E-state index contributed by atoms with van der Waals surface area (Å²) < 4.78 is 50.3. The Morgan fingerprint density at radius 2 is 1.75 bits per heavy atom. The third-order valence-electron chi connectivity index (χ3n) is 2.06. The number of alkyl halides is 3. The average molecular weight is 246 g/mol. The number of hydrogen-bond acceptors (Lipinski definition) is 1. The molecule has 16 heavy (non-hydrogen) atoms. The summed E-state index contributed by atoms with van der Waals surface area (Å²) in [6, 6.07) is 6.72. The van der Waals surface area contributed by atoms with Gasteiger partial charge in [0.2, 0.25) is 0 Å². The van der Waals surface area contributed by atoms with Crippen LogP contribution in [0.4, 0.5) is 17.6 Å². The highest BCUT2D eigenvalue weighted by Gasteiger charge is 2.32. The highest BCUT2D eigenvalue weighted by atomic mass is 32.1. The van der Waals surface area contributed by atoms with E-state index in [9.17, 15) is 17.6 Å². The Bertz CT molecular complexity index is 499. The Kier molecular flexibility index (Phi) is 2.71. The largest absolute Gasteiger partial charge is 0.425 e. The van der Waals surface area contributed by atoms with Crippen LogP contribution in [0, 0.1) is 5.82 Å². The van der Waals surface area contributed by atoms with Gasteiger partial charge in [0.1, 0.15) is 10.7 Å². The Labute approximate surface area is 93.2 Å². The smallest absolute Gasteiger partial charge is 0.206 e. The van der Waals surface area contributed by atoms with Gasteiger partial charge < -0.3 is 0 Å². The minimum Gasteiger partial charge on any atom is -0.206 e. The third kappa shape index (κ3) is 2.09. The van der Waals surface area contributed by atoms with Gasteiger partial charge in [-0.2, -0.15) is 13.2 Å². The molecule has 0 saturated carbocycles. The molecule has 0 aliphatic heterocycles. The first-order valence-electron chi connectivity index (χ1n) is 4.39. The molecule has 0 amide bonds. The van der Waals surface area contributed by atoms with E-state index in [0.29, 0.717) is 11.3 Å². The van der Waals surface area contributed by atoms with Crippen molar-refractivity contribution in [2.24, 2.45) is 0 Å². The Hall–Kier alpha value is -1.36. The van der Waals surface area contributed by atoms with E-state index in [-0.39, 0.29) is 11.1 Å². The summed E-state index contributed by atoms with van der Waals surface area (Å²) in [5, 5.41) is 1.31. The fraction of sp³-hybridized carbons (Fsp3) is 0.0909. The molecule has 0 fully saturated rings. The minimum atomic E-state index is -4.37. The summed E-state index contributed by atoms with van der Waals surface area (Å²) >= 11 is 0.568. The van der Waals surface area contributed by atoms with Crippen molar-refractivity contribution < 1.29 is 17.6 Å². The van der Waals surface area contributed by atoms with Crippen LogP contribution in [0.5, 0.6) is 0 Å². The highest BCUT2D eigenvalue weighted by molar-refractivity contribution is 7.10. The van der Waals surface area contributed by atoms with Crippen molar-refractivity contribution in [1.29, 1.82) is 0 Å². The van der Waals surface area contributed by atoms with Gasteiger partial charge in [0, 0.05) is 5.56 Å².